The second-order valence-electron chi connectivity index (χ2n) is 7.80. The predicted molar refractivity (Wildman–Crippen MR) is 105 cm³/mol. The van der Waals surface area contributed by atoms with Crippen LogP contribution in [0.2, 0.25) is 0 Å². The molecule has 0 aliphatic carbocycles. The average molecular weight is 360 g/mol. The highest BCUT2D eigenvalue weighted by Crippen LogP contribution is 2.24. The van der Waals surface area contributed by atoms with Gasteiger partial charge >= 0.3 is 6.03 Å². The van der Waals surface area contributed by atoms with Crippen LogP contribution in [0.3, 0.4) is 0 Å². The first kappa shape index (κ1) is 19.4. The summed E-state index contributed by atoms with van der Waals surface area (Å²) >= 11 is 1.59. The van der Waals surface area contributed by atoms with Crippen molar-refractivity contribution in [1.82, 2.24) is 15.6 Å². The molecule has 0 saturated carbocycles. The summed E-state index contributed by atoms with van der Waals surface area (Å²) in [5.74, 6) is 0.499. The van der Waals surface area contributed by atoms with Crippen molar-refractivity contribution in [2.45, 2.75) is 59.0 Å². The number of benzene rings is 1. The third-order valence-corrected chi connectivity index (χ3v) is 4.78. The summed E-state index contributed by atoms with van der Waals surface area (Å²) in [4.78, 5) is 17.0. The summed E-state index contributed by atoms with van der Waals surface area (Å²) in [5, 5.41) is 9.03. The first-order valence-electron chi connectivity index (χ1n) is 8.80. The number of aromatic nitrogens is 1. The monoisotopic (exact) mass is 359 g/mol. The number of amides is 2. The van der Waals surface area contributed by atoms with Crippen LogP contribution in [0.25, 0.3) is 0 Å². The molecule has 1 unspecified atom stereocenters. The molecule has 4 nitrogen and oxygen atoms in total. The number of urea groups is 1. The number of rotatable bonds is 6. The maximum Gasteiger partial charge on any atom is 0.315 e. The lowest BCUT2D eigenvalue weighted by molar-refractivity contribution is 0.234. The standard InChI is InChI=1S/C20H29N3OS/c1-14(2)11-16(15-9-7-6-8-10-15)22-19(24)21-12-18-23-17(13-25-18)20(3,4)5/h6-10,13-14,16H,11-12H2,1-5H3,(H2,21,22,24). The molecule has 5 heteroatoms. The number of carbonyl (C=O) groups excluding carboxylic acids is 1. The van der Waals surface area contributed by atoms with Crippen LogP contribution in [0.5, 0.6) is 0 Å². The number of carbonyl (C=O) groups is 1. The van der Waals surface area contributed by atoms with E-state index in [4.69, 9.17) is 0 Å². The maximum absolute atomic E-state index is 12.3. The van der Waals surface area contributed by atoms with Gasteiger partial charge in [-0.25, -0.2) is 9.78 Å². The quantitative estimate of drug-likeness (QED) is 0.760. The summed E-state index contributed by atoms with van der Waals surface area (Å²) in [6.45, 7) is 11.2. The van der Waals surface area contributed by atoms with E-state index < -0.39 is 0 Å². The molecular formula is C20H29N3OS. The Morgan fingerprint density at radius 1 is 1.20 bits per heavy atom. The molecule has 1 heterocycles. The Morgan fingerprint density at radius 3 is 2.44 bits per heavy atom. The van der Waals surface area contributed by atoms with Crippen molar-refractivity contribution >= 4 is 17.4 Å². The molecule has 2 amide bonds. The fraction of sp³-hybridized carbons (Fsp3) is 0.500. The molecule has 0 fully saturated rings. The smallest absolute Gasteiger partial charge is 0.315 e. The van der Waals surface area contributed by atoms with Crippen LogP contribution in [0.1, 0.15) is 63.3 Å². The lowest BCUT2D eigenvalue weighted by Gasteiger charge is -2.21. The lowest BCUT2D eigenvalue weighted by Crippen LogP contribution is -2.38. The van der Waals surface area contributed by atoms with Crippen molar-refractivity contribution in [3.05, 3.63) is 52.0 Å². The van der Waals surface area contributed by atoms with Gasteiger partial charge in [0.15, 0.2) is 0 Å². The highest BCUT2D eigenvalue weighted by molar-refractivity contribution is 7.09. The molecule has 0 aliphatic heterocycles. The van der Waals surface area contributed by atoms with Crippen LogP contribution in [0.15, 0.2) is 35.7 Å². The van der Waals surface area contributed by atoms with E-state index >= 15 is 0 Å². The molecule has 2 N–H and O–H groups in total. The van der Waals surface area contributed by atoms with E-state index in [2.05, 4.69) is 67.7 Å². The van der Waals surface area contributed by atoms with E-state index in [1.165, 1.54) is 0 Å². The van der Waals surface area contributed by atoms with E-state index in [1.807, 2.05) is 18.2 Å². The van der Waals surface area contributed by atoms with Gasteiger partial charge in [-0.2, -0.15) is 0 Å². The van der Waals surface area contributed by atoms with E-state index in [1.54, 1.807) is 11.3 Å². The van der Waals surface area contributed by atoms with Crippen LogP contribution >= 0.6 is 11.3 Å². The van der Waals surface area contributed by atoms with Crippen molar-refractivity contribution in [3.63, 3.8) is 0 Å². The highest BCUT2D eigenvalue weighted by Gasteiger charge is 2.18. The molecule has 0 saturated heterocycles. The Bertz CT molecular complexity index is 674. The molecule has 0 spiro atoms. The van der Waals surface area contributed by atoms with Gasteiger partial charge in [-0.05, 0) is 17.9 Å². The number of nitrogens with one attached hydrogen (secondary N) is 2. The third kappa shape index (κ3) is 6.16. The van der Waals surface area contributed by atoms with Gasteiger partial charge in [0.1, 0.15) is 5.01 Å². The van der Waals surface area contributed by atoms with Crippen molar-refractivity contribution < 1.29 is 4.79 Å². The van der Waals surface area contributed by atoms with Crippen LogP contribution in [0, 0.1) is 5.92 Å². The maximum atomic E-state index is 12.3. The minimum atomic E-state index is -0.151. The van der Waals surface area contributed by atoms with Crippen LogP contribution < -0.4 is 10.6 Å². The van der Waals surface area contributed by atoms with E-state index in [0.717, 1.165) is 22.7 Å². The zero-order valence-corrected chi connectivity index (χ0v) is 16.6. The summed E-state index contributed by atoms with van der Waals surface area (Å²) in [6, 6.07) is 9.99. The molecule has 2 rings (SSSR count). The van der Waals surface area contributed by atoms with Crippen LogP contribution in [-0.4, -0.2) is 11.0 Å². The second-order valence-corrected chi connectivity index (χ2v) is 8.74. The average Bonchev–Trinajstić information content (AvgIpc) is 3.02. The summed E-state index contributed by atoms with van der Waals surface area (Å²) in [6.07, 6.45) is 0.906. The number of thiazole rings is 1. The predicted octanol–water partition coefficient (Wildman–Crippen LogP) is 5.03. The first-order valence-corrected chi connectivity index (χ1v) is 9.68. The summed E-state index contributed by atoms with van der Waals surface area (Å²) < 4.78 is 0. The van der Waals surface area contributed by atoms with Gasteiger partial charge in [-0.3, -0.25) is 0 Å². The minimum absolute atomic E-state index is 0.0163. The van der Waals surface area contributed by atoms with Gasteiger partial charge in [-0.15, -0.1) is 11.3 Å². The molecule has 1 aromatic heterocycles. The third-order valence-electron chi connectivity index (χ3n) is 3.93. The molecule has 2 aromatic rings. The highest BCUT2D eigenvalue weighted by atomic mass is 32.1. The van der Waals surface area contributed by atoms with Gasteiger partial charge in [0.25, 0.3) is 0 Å². The molecule has 1 atom stereocenters. The minimum Gasteiger partial charge on any atom is -0.332 e. The second kappa shape index (κ2) is 8.48. The normalized spacial score (nSPS) is 12.9. The van der Waals surface area contributed by atoms with E-state index in [-0.39, 0.29) is 17.5 Å². The zero-order chi connectivity index (χ0) is 18.4. The molecule has 0 bridgehead atoms. The lowest BCUT2D eigenvalue weighted by atomic mass is 9.93. The fourth-order valence-electron chi connectivity index (χ4n) is 2.54. The van der Waals surface area contributed by atoms with E-state index in [0.29, 0.717) is 12.5 Å². The first-order chi connectivity index (χ1) is 11.8. The number of hydrogen-bond acceptors (Lipinski definition) is 3. The molecule has 1 aromatic carbocycles. The van der Waals surface area contributed by atoms with Crippen molar-refractivity contribution in [2.75, 3.05) is 0 Å². The van der Waals surface area contributed by atoms with Gasteiger partial charge in [0, 0.05) is 10.8 Å². The molecule has 136 valence electrons. The van der Waals surface area contributed by atoms with Crippen molar-refractivity contribution in [3.8, 4) is 0 Å². The van der Waals surface area contributed by atoms with E-state index in [9.17, 15) is 4.79 Å². The summed E-state index contributed by atoms with van der Waals surface area (Å²) in [5.41, 5.74) is 2.24. The molecule has 0 radical (unpaired) electrons. The van der Waals surface area contributed by atoms with Gasteiger partial charge < -0.3 is 10.6 Å². The largest absolute Gasteiger partial charge is 0.332 e. The van der Waals surface area contributed by atoms with Gasteiger partial charge in [0.2, 0.25) is 0 Å². The van der Waals surface area contributed by atoms with Crippen molar-refractivity contribution in [1.29, 1.82) is 0 Å². The van der Waals surface area contributed by atoms with Gasteiger partial charge in [-0.1, -0.05) is 65.0 Å². The molecule has 25 heavy (non-hydrogen) atoms. The van der Waals surface area contributed by atoms with Gasteiger partial charge in [0.05, 0.1) is 18.3 Å². The number of nitrogens with zero attached hydrogens (tertiary/aromatic N) is 1. The Labute approximate surface area is 155 Å². The molecule has 0 aliphatic rings. The molecular weight excluding hydrogens is 330 g/mol. The van der Waals surface area contributed by atoms with Crippen molar-refractivity contribution in [2.24, 2.45) is 5.92 Å². The topological polar surface area (TPSA) is 54.0 Å². The SMILES string of the molecule is CC(C)CC(NC(=O)NCc1nc(C(C)(C)C)cs1)c1ccccc1. The Kier molecular flexibility index (Phi) is 6.59. The fourth-order valence-corrected chi connectivity index (χ4v) is 3.50. The Morgan fingerprint density at radius 2 is 1.88 bits per heavy atom. The Hall–Kier alpha value is -1.88. The van der Waals surface area contributed by atoms with Crippen LogP contribution in [-0.2, 0) is 12.0 Å². The zero-order valence-electron chi connectivity index (χ0n) is 15.8. The summed E-state index contributed by atoms with van der Waals surface area (Å²) in [7, 11) is 0. The Balaban J connectivity index is 1.94. The number of hydrogen-bond donors (Lipinski definition) is 2. The van der Waals surface area contributed by atoms with Crippen LogP contribution in [0.4, 0.5) is 4.79 Å².